The highest BCUT2D eigenvalue weighted by molar-refractivity contribution is 7.92. The van der Waals surface area contributed by atoms with Gasteiger partial charge in [-0.2, -0.15) is 0 Å². The number of aromatic nitrogens is 1. The van der Waals surface area contributed by atoms with Gasteiger partial charge < -0.3 is 15.2 Å². The van der Waals surface area contributed by atoms with E-state index in [0.29, 0.717) is 19.4 Å². The van der Waals surface area contributed by atoms with Gasteiger partial charge in [-0.05, 0) is 49.6 Å². The standard InChI is InChI=1S/C19H25N3O3S/c23-19(20-13-15-7-5-11-26(15,24)25)22-10-4-3-9-18(22)17-12-14-6-1-2-8-16(14)21-17/h1-2,6,8,12,15,18,21H,3-5,7,9-11,13H2,(H,20,23)/t15-,18-/m0/s1. The Morgan fingerprint density at radius 2 is 2.04 bits per heavy atom. The molecule has 2 amide bonds. The third-order valence-electron chi connectivity index (χ3n) is 5.62. The number of fused-ring (bicyclic) bond motifs is 1. The maximum atomic E-state index is 12.8. The minimum Gasteiger partial charge on any atom is -0.357 e. The van der Waals surface area contributed by atoms with Crippen LogP contribution in [0.3, 0.4) is 0 Å². The highest BCUT2D eigenvalue weighted by Crippen LogP contribution is 2.32. The van der Waals surface area contributed by atoms with Gasteiger partial charge in [-0.25, -0.2) is 13.2 Å². The topological polar surface area (TPSA) is 82.3 Å². The molecule has 2 N–H and O–H groups in total. The number of carbonyl (C=O) groups is 1. The van der Waals surface area contributed by atoms with Crippen molar-refractivity contribution in [3.05, 3.63) is 36.0 Å². The van der Waals surface area contributed by atoms with E-state index >= 15 is 0 Å². The number of para-hydroxylation sites is 1. The lowest BCUT2D eigenvalue weighted by Crippen LogP contribution is -2.47. The molecule has 0 bridgehead atoms. The first-order valence-electron chi connectivity index (χ1n) is 9.38. The average Bonchev–Trinajstić information content (AvgIpc) is 3.22. The Bertz CT molecular complexity index is 873. The SMILES string of the molecule is O=C(NC[C@@H]1CCCS1(=O)=O)N1CCCC[C@H]1c1cc2ccccc2[nH]1. The predicted molar refractivity (Wildman–Crippen MR) is 102 cm³/mol. The van der Waals surface area contributed by atoms with E-state index in [2.05, 4.69) is 22.4 Å². The highest BCUT2D eigenvalue weighted by atomic mass is 32.2. The van der Waals surface area contributed by atoms with E-state index in [9.17, 15) is 13.2 Å². The van der Waals surface area contributed by atoms with E-state index in [0.717, 1.165) is 35.9 Å². The van der Waals surface area contributed by atoms with Crippen LogP contribution < -0.4 is 5.32 Å². The number of aromatic amines is 1. The number of rotatable bonds is 3. The molecular weight excluding hydrogens is 350 g/mol. The third kappa shape index (κ3) is 3.32. The van der Waals surface area contributed by atoms with Crippen LogP contribution in [0, 0.1) is 0 Å². The number of hydrogen-bond acceptors (Lipinski definition) is 3. The predicted octanol–water partition coefficient (Wildman–Crippen LogP) is 2.98. The lowest BCUT2D eigenvalue weighted by atomic mass is 9.99. The summed E-state index contributed by atoms with van der Waals surface area (Å²) in [6, 6.07) is 10.1. The Morgan fingerprint density at radius 1 is 1.19 bits per heavy atom. The van der Waals surface area contributed by atoms with Crippen LogP contribution in [0.2, 0.25) is 0 Å². The summed E-state index contributed by atoms with van der Waals surface area (Å²) in [4.78, 5) is 18.1. The van der Waals surface area contributed by atoms with Gasteiger partial charge in [-0.3, -0.25) is 0 Å². The van der Waals surface area contributed by atoms with Crippen LogP contribution in [-0.2, 0) is 9.84 Å². The smallest absolute Gasteiger partial charge is 0.318 e. The quantitative estimate of drug-likeness (QED) is 0.865. The molecule has 2 aliphatic rings. The molecule has 0 radical (unpaired) electrons. The first-order valence-corrected chi connectivity index (χ1v) is 11.1. The normalized spacial score (nSPS) is 25.5. The Balaban J connectivity index is 1.49. The van der Waals surface area contributed by atoms with Crippen LogP contribution in [-0.4, -0.2) is 48.4 Å². The first kappa shape index (κ1) is 17.4. The third-order valence-corrected chi connectivity index (χ3v) is 7.89. The van der Waals surface area contributed by atoms with Crippen molar-refractivity contribution in [1.82, 2.24) is 15.2 Å². The number of sulfone groups is 1. The average molecular weight is 375 g/mol. The summed E-state index contributed by atoms with van der Waals surface area (Å²) in [5, 5.41) is 3.59. The number of carbonyl (C=O) groups excluding carboxylic acids is 1. The zero-order chi connectivity index (χ0) is 18.1. The van der Waals surface area contributed by atoms with Gasteiger partial charge in [0.25, 0.3) is 0 Å². The Hall–Kier alpha value is -2.02. The fourth-order valence-corrected chi connectivity index (χ4v) is 5.93. The van der Waals surface area contributed by atoms with Crippen LogP contribution in [0.25, 0.3) is 10.9 Å². The molecule has 0 spiro atoms. The van der Waals surface area contributed by atoms with Crippen LogP contribution >= 0.6 is 0 Å². The zero-order valence-electron chi connectivity index (χ0n) is 14.8. The van der Waals surface area contributed by atoms with Gasteiger partial charge >= 0.3 is 6.03 Å². The van der Waals surface area contributed by atoms with Gasteiger partial charge in [0.05, 0.1) is 17.0 Å². The van der Waals surface area contributed by atoms with Crippen molar-refractivity contribution in [2.45, 2.75) is 43.4 Å². The molecule has 2 saturated heterocycles. The summed E-state index contributed by atoms with van der Waals surface area (Å²) in [5.74, 6) is 0.245. The molecule has 1 aromatic carbocycles. The fourth-order valence-electron chi connectivity index (χ4n) is 4.16. The Kier molecular flexibility index (Phi) is 4.65. The minimum absolute atomic E-state index is 0.0105. The summed E-state index contributed by atoms with van der Waals surface area (Å²) in [5.41, 5.74) is 2.13. The van der Waals surface area contributed by atoms with E-state index < -0.39 is 15.1 Å². The Morgan fingerprint density at radius 3 is 2.81 bits per heavy atom. The number of amides is 2. The molecule has 2 atom stereocenters. The van der Waals surface area contributed by atoms with Gasteiger partial charge in [0, 0.05) is 24.3 Å². The molecule has 2 aliphatic heterocycles. The fraction of sp³-hybridized carbons (Fsp3) is 0.526. The van der Waals surface area contributed by atoms with Gasteiger partial charge in [-0.1, -0.05) is 18.2 Å². The van der Waals surface area contributed by atoms with Crippen LogP contribution in [0.4, 0.5) is 4.79 Å². The summed E-state index contributed by atoms with van der Waals surface area (Å²) in [6.45, 7) is 0.917. The maximum Gasteiger partial charge on any atom is 0.318 e. The molecule has 0 aliphatic carbocycles. The molecule has 7 heteroatoms. The molecule has 140 valence electrons. The molecule has 1 aromatic heterocycles. The van der Waals surface area contributed by atoms with E-state index in [-0.39, 0.29) is 24.4 Å². The van der Waals surface area contributed by atoms with E-state index in [4.69, 9.17) is 0 Å². The van der Waals surface area contributed by atoms with Gasteiger partial charge in [0.1, 0.15) is 0 Å². The van der Waals surface area contributed by atoms with Gasteiger partial charge in [0.15, 0.2) is 9.84 Å². The molecule has 0 saturated carbocycles. The summed E-state index contributed by atoms with van der Waals surface area (Å²) in [7, 11) is -3.04. The van der Waals surface area contributed by atoms with Gasteiger partial charge in [0.2, 0.25) is 0 Å². The monoisotopic (exact) mass is 375 g/mol. The number of likely N-dealkylation sites (tertiary alicyclic amines) is 1. The van der Waals surface area contributed by atoms with Crippen LogP contribution in [0.5, 0.6) is 0 Å². The largest absolute Gasteiger partial charge is 0.357 e. The molecule has 0 unspecified atom stereocenters. The van der Waals surface area contributed by atoms with Crippen molar-refractivity contribution in [3.8, 4) is 0 Å². The van der Waals surface area contributed by atoms with Crippen molar-refractivity contribution < 1.29 is 13.2 Å². The molecule has 4 rings (SSSR count). The minimum atomic E-state index is -3.04. The van der Waals surface area contributed by atoms with E-state index in [1.165, 1.54) is 0 Å². The number of piperidine rings is 1. The molecule has 6 nitrogen and oxygen atoms in total. The van der Waals surface area contributed by atoms with Crippen molar-refractivity contribution in [2.24, 2.45) is 0 Å². The maximum absolute atomic E-state index is 12.8. The number of hydrogen-bond donors (Lipinski definition) is 2. The first-order chi connectivity index (χ1) is 12.5. The lowest BCUT2D eigenvalue weighted by molar-refractivity contribution is 0.150. The van der Waals surface area contributed by atoms with Crippen molar-refractivity contribution in [3.63, 3.8) is 0 Å². The van der Waals surface area contributed by atoms with Crippen molar-refractivity contribution >= 4 is 26.8 Å². The highest BCUT2D eigenvalue weighted by Gasteiger charge is 2.33. The van der Waals surface area contributed by atoms with E-state index in [1.807, 2.05) is 23.1 Å². The van der Waals surface area contributed by atoms with Crippen molar-refractivity contribution in [2.75, 3.05) is 18.8 Å². The second kappa shape index (κ2) is 6.95. The number of nitrogens with zero attached hydrogens (tertiary/aromatic N) is 1. The Labute approximate surface area is 153 Å². The molecule has 3 heterocycles. The summed E-state index contributed by atoms with van der Waals surface area (Å²) >= 11 is 0. The molecule has 2 aromatic rings. The number of nitrogens with one attached hydrogen (secondary N) is 2. The second-order valence-corrected chi connectivity index (χ2v) is 9.73. The summed E-state index contributed by atoms with van der Waals surface area (Å²) in [6.07, 6.45) is 4.33. The molecule has 2 fully saturated rings. The number of H-pyrrole nitrogens is 1. The second-order valence-electron chi connectivity index (χ2n) is 7.33. The zero-order valence-corrected chi connectivity index (χ0v) is 15.6. The summed E-state index contributed by atoms with van der Waals surface area (Å²) < 4.78 is 23.9. The van der Waals surface area contributed by atoms with Crippen LogP contribution in [0.1, 0.15) is 43.8 Å². The molecule has 26 heavy (non-hydrogen) atoms. The molecular formula is C19H25N3O3S. The van der Waals surface area contributed by atoms with Gasteiger partial charge in [-0.15, -0.1) is 0 Å². The van der Waals surface area contributed by atoms with E-state index in [1.54, 1.807) is 0 Å². The van der Waals surface area contributed by atoms with Crippen LogP contribution in [0.15, 0.2) is 30.3 Å². The number of benzene rings is 1. The van der Waals surface area contributed by atoms with Crippen molar-refractivity contribution in [1.29, 1.82) is 0 Å². The lowest BCUT2D eigenvalue weighted by Gasteiger charge is -2.35. The number of urea groups is 1.